The first-order valence-corrected chi connectivity index (χ1v) is 12.4. The first kappa shape index (κ1) is 21.4. The number of amides is 2. The third-order valence-electron chi connectivity index (χ3n) is 6.15. The van der Waals surface area contributed by atoms with Crippen LogP contribution in [0.2, 0.25) is 0 Å². The van der Waals surface area contributed by atoms with E-state index in [0.717, 1.165) is 19.3 Å². The monoisotopic (exact) mass is 468 g/mol. The van der Waals surface area contributed by atoms with Gasteiger partial charge < -0.3 is 19.9 Å². The third kappa shape index (κ3) is 3.74. The van der Waals surface area contributed by atoms with Crippen molar-refractivity contribution in [3.8, 4) is 5.75 Å². The maximum absolute atomic E-state index is 13.5. The van der Waals surface area contributed by atoms with Gasteiger partial charge in [0, 0.05) is 25.6 Å². The highest BCUT2D eigenvalue weighted by molar-refractivity contribution is 7.90. The van der Waals surface area contributed by atoms with Gasteiger partial charge in [0.2, 0.25) is 0 Å². The molecule has 1 atom stereocenters. The third-order valence-corrected chi connectivity index (χ3v) is 7.49. The summed E-state index contributed by atoms with van der Waals surface area (Å²) in [5, 5.41) is 2.55. The van der Waals surface area contributed by atoms with E-state index in [9.17, 15) is 18.0 Å². The second-order valence-electron chi connectivity index (χ2n) is 8.23. The predicted molar refractivity (Wildman–Crippen MR) is 123 cm³/mol. The molecule has 0 saturated carbocycles. The van der Waals surface area contributed by atoms with Crippen LogP contribution in [0.5, 0.6) is 5.75 Å². The fraction of sp³-hybridized carbons (Fsp3) is 0.348. The summed E-state index contributed by atoms with van der Waals surface area (Å²) in [4.78, 5) is 29.2. The minimum atomic E-state index is -3.92. The number of amidine groups is 1. The first-order chi connectivity index (χ1) is 15.9. The Morgan fingerprint density at radius 2 is 1.91 bits per heavy atom. The van der Waals surface area contributed by atoms with E-state index in [4.69, 9.17) is 4.74 Å². The number of fused-ring (bicyclic) bond motifs is 4. The van der Waals surface area contributed by atoms with Gasteiger partial charge in [-0.3, -0.25) is 9.59 Å². The van der Waals surface area contributed by atoms with Gasteiger partial charge in [-0.15, -0.1) is 4.40 Å². The van der Waals surface area contributed by atoms with Crippen molar-refractivity contribution in [2.45, 2.75) is 36.7 Å². The molecule has 2 aromatic carbocycles. The Morgan fingerprint density at radius 1 is 1.09 bits per heavy atom. The molecule has 0 aliphatic carbocycles. The van der Waals surface area contributed by atoms with E-state index >= 15 is 0 Å². The van der Waals surface area contributed by atoms with Crippen molar-refractivity contribution in [1.82, 2.24) is 5.32 Å². The molecule has 9 nitrogen and oxygen atoms in total. The van der Waals surface area contributed by atoms with Gasteiger partial charge in [-0.05, 0) is 43.2 Å². The molecule has 172 valence electrons. The quantitative estimate of drug-likeness (QED) is 0.725. The van der Waals surface area contributed by atoms with Crippen LogP contribution in [0.1, 0.15) is 36.0 Å². The summed E-state index contributed by atoms with van der Waals surface area (Å²) >= 11 is 0. The summed E-state index contributed by atoms with van der Waals surface area (Å²) in [6.45, 7) is 0.701. The molecule has 1 saturated heterocycles. The number of likely N-dealkylation sites (N-methyl/N-ethyl adjacent to an activating group) is 1. The zero-order chi connectivity index (χ0) is 23.2. The predicted octanol–water partition coefficient (Wildman–Crippen LogP) is 2.32. The van der Waals surface area contributed by atoms with Crippen LogP contribution < -0.4 is 19.9 Å². The van der Waals surface area contributed by atoms with Crippen LogP contribution in [-0.4, -0.2) is 52.3 Å². The zero-order valence-electron chi connectivity index (χ0n) is 18.2. The number of nitrogens with zero attached hydrogens (tertiary/aromatic N) is 3. The lowest BCUT2D eigenvalue weighted by Gasteiger charge is -2.34. The Hall–Kier alpha value is -3.40. The number of nitrogens with one attached hydrogen (secondary N) is 1. The Morgan fingerprint density at radius 3 is 2.73 bits per heavy atom. The minimum Gasteiger partial charge on any atom is -0.477 e. The number of rotatable bonds is 2. The number of carbonyl (C=O) groups is 2. The van der Waals surface area contributed by atoms with E-state index in [1.54, 1.807) is 36.4 Å². The number of sulfonamides is 1. The standard InChI is InChI=1S/C23H24N4O5S/c1-24-22(28)19-14-27(16-7-4-5-8-18(16)32-19)23(29)15-10-11-17-20(13-15)33(30,31)25-21-9-3-2-6-12-26(17)21/h4-5,7-8,10-11,13,19H,2-3,6,9,12,14H2,1H3,(H,24,28)/t19-/m0/s1. The SMILES string of the molecule is CNC(=O)[C@@H]1CN(C(=O)c2ccc3c(c2)S(=O)(=O)N=C2CCCCCN23)c2ccccc2O1. The molecule has 3 aliphatic rings. The lowest BCUT2D eigenvalue weighted by Crippen LogP contribution is -2.50. The van der Waals surface area contributed by atoms with Crippen LogP contribution in [0, 0.1) is 0 Å². The van der Waals surface area contributed by atoms with Crippen LogP contribution in [-0.2, 0) is 14.8 Å². The van der Waals surface area contributed by atoms with Gasteiger partial charge in [0.25, 0.3) is 21.8 Å². The number of hydrogen-bond donors (Lipinski definition) is 1. The smallest absolute Gasteiger partial charge is 0.286 e. The van der Waals surface area contributed by atoms with Crippen molar-refractivity contribution in [2.24, 2.45) is 4.40 Å². The molecule has 3 aliphatic heterocycles. The number of ether oxygens (including phenoxy) is 1. The van der Waals surface area contributed by atoms with E-state index in [0.29, 0.717) is 35.9 Å². The molecule has 2 amide bonds. The summed E-state index contributed by atoms with van der Waals surface area (Å²) in [6, 6.07) is 11.7. The Bertz CT molecular complexity index is 1270. The van der Waals surface area contributed by atoms with Crippen LogP contribution in [0.3, 0.4) is 0 Å². The maximum atomic E-state index is 13.5. The lowest BCUT2D eigenvalue weighted by molar-refractivity contribution is -0.127. The molecule has 1 fully saturated rings. The van der Waals surface area contributed by atoms with Gasteiger partial charge >= 0.3 is 0 Å². The highest BCUT2D eigenvalue weighted by Gasteiger charge is 2.36. The van der Waals surface area contributed by atoms with Crippen molar-refractivity contribution in [1.29, 1.82) is 0 Å². The number of carbonyl (C=O) groups excluding carboxylic acids is 2. The van der Waals surface area contributed by atoms with Crippen molar-refractivity contribution in [2.75, 3.05) is 29.9 Å². The van der Waals surface area contributed by atoms with E-state index in [-0.39, 0.29) is 22.9 Å². The normalized spacial score (nSPS) is 20.9. The molecule has 10 heteroatoms. The second-order valence-corrected chi connectivity index (χ2v) is 9.80. The van der Waals surface area contributed by atoms with Crippen LogP contribution in [0.4, 0.5) is 11.4 Å². The van der Waals surface area contributed by atoms with E-state index in [1.807, 2.05) is 4.90 Å². The molecule has 0 spiro atoms. The average Bonchev–Trinajstić information content (AvgIpc) is 3.07. The molecule has 1 N–H and O–H groups in total. The summed E-state index contributed by atoms with van der Waals surface area (Å²) in [6.07, 6.45) is 2.61. The van der Waals surface area contributed by atoms with Crippen molar-refractivity contribution >= 4 is 39.0 Å². The fourth-order valence-corrected chi connectivity index (χ4v) is 5.78. The summed E-state index contributed by atoms with van der Waals surface area (Å²) in [5.41, 5.74) is 1.29. The van der Waals surface area contributed by atoms with Gasteiger partial charge in [0.15, 0.2) is 6.10 Å². The van der Waals surface area contributed by atoms with Crippen LogP contribution in [0.15, 0.2) is 51.8 Å². The molecule has 3 heterocycles. The Labute approximate surface area is 192 Å². The van der Waals surface area contributed by atoms with Gasteiger partial charge in [-0.2, -0.15) is 8.42 Å². The number of hydrogen-bond acceptors (Lipinski definition) is 6. The van der Waals surface area contributed by atoms with Crippen LogP contribution >= 0.6 is 0 Å². The Balaban J connectivity index is 1.54. The lowest BCUT2D eigenvalue weighted by atomic mass is 10.1. The van der Waals surface area contributed by atoms with Gasteiger partial charge in [-0.1, -0.05) is 18.6 Å². The Kier molecular flexibility index (Phi) is 5.32. The van der Waals surface area contributed by atoms with E-state index in [2.05, 4.69) is 9.71 Å². The molecule has 33 heavy (non-hydrogen) atoms. The fourth-order valence-electron chi connectivity index (χ4n) is 4.49. The molecule has 0 bridgehead atoms. The minimum absolute atomic E-state index is 0.00772. The maximum Gasteiger partial charge on any atom is 0.286 e. The summed E-state index contributed by atoms with van der Waals surface area (Å²) in [7, 11) is -2.41. The molecule has 0 unspecified atom stereocenters. The van der Waals surface area contributed by atoms with Gasteiger partial charge in [-0.25, -0.2) is 0 Å². The van der Waals surface area contributed by atoms with Crippen LogP contribution in [0.25, 0.3) is 0 Å². The number of benzene rings is 2. The summed E-state index contributed by atoms with van der Waals surface area (Å²) in [5.74, 6) is 0.214. The number of para-hydroxylation sites is 2. The van der Waals surface area contributed by atoms with Crippen molar-refractivity contribution in [3.05, 3.63) is 48.0 Å². The first-order valence-electron chi connectivity index (χ1n) is 10.9. The highest BCUT2D eigenvalue weighted by Crippen LogP contribution is 2.37. The average molecular weight is 469 g/mol. The molecule has 5 rings (SSSR count). The molecule has 0 radical (unpaired) electrons. The number of anilines is 2. The van der Waals surface area contributed by atoms with E-state index in [1.165, 1.54) is 18.0 Å². The van der Waals surface area contributed by atoms with Gasteiger partial charge in [0.1, 0.15) is 16.5 Å². The zero-order valence-corrected chi connectivity index (χ0v) is 19.0. The largest absolute Gasteiger partial charge is 0.477 e. The van der Waals surface area contributed by atoms with Gasteiger partial charge in [0.05, 0.1) is 17.9 Å². The topological polar surface area (TPSA) is 108 Å². The second kappa shape index (κ2) is 8.18. The van der Waals surface area contributed by atoms with Crippen molar-refractivity contribution < 1.29 is 22.7 Å². The molecule has 2 aromatic rings. The molecule has 0 aromatic heterocycles. The summed E-state index contributed by atoms with van der Waals surface area (Å²) < 4.78 is 35.7. The highest BCUT2D eigenvalue weighted by atomic mass is 32.2. The molecular formula is C23H24N4O5S. The van der Waals surface area contributed by atoms with E-state index < -0.39 is 22.0 Å². The molecular weight excluding hydrogens is 444 g/mol. The van der Waals surface area contributed by atoms with Crippen molar-refractivity contribution in [3.63, 3.8) is 0 Å².